The quantitative estimate of drug-likeness (QED) is 0.0132. The molecule has 698 valence electrons. The van der Waals surface area contributed by atoms with E-state index < -0.39 is 71.0 Å². The number of hydrogen-bond donors (Lipinski definition) is 4. The van der Waals surface area contributed by atoms with Gasteiger partial charge in [0.05, 0.1) is 103 Å². The van der Waals surface area contributed by atoms with E-state index in [4.69, 9.17) is 43.6 Å². The number of ether oxygens (including phenoxy) is 8. The van der Waals surface area contributed by atoms with Crippen molar-refractivity contribution in [3.8, 4) is 17.2 Å². The molecule has 9 aromatic rings. The number of carbonyl (C=O) groups excluding carboxylic acids is 9. The van der Waals surface area contributed by atoms with Crippen LogP contribution in [0.25, 0.3) is 32.7 Å². The number of benzene rings is 3. The summed E-state index contributed by atoms with van der Waals surface area (Å²) in [5, 5.41) is 17.4. The van der Waals surface area contributed by atoms with E-state index in [1.165, 1.54) is 85.0 Å². The van der Waals surface area contributed by atoms with Gasteiger partial charge in [-0.2, -0.15) is 40.5 Å². The molecule has 6 aromatic heterocycles. The van der Waals surface area contributed by atoms with Crippen molar-refractivity contribution >= 4 is 242 Å². The van der Waals surface area contributed by atoms with Gasteiger partial charge in [0, 0.05) is 98.2 Å². The van der Waals surface area contributed by atoms with E-state index in [0.717, 1.165) is 6.07 Å². The number of aliphatic hydroxyl groups is 1. The monoisotopic (exact) mass is 2550 g/mol. The Morgan fingerprint density at radius 3 is 1.20 bits per heavy atom. The molecule has 128 heavy (non-hydrogen) atoms. The Bertz CT molecular complexity index is 5720. The van der Waals surface area contributed by atoms with Crippen LogP contribution in [-0.4, -0.2) is 191 Å². The molecule has 0 saturated carbocycles. The Morgan fingerprint density at radius 2 is 0.859 bits per heavy atom. The first-order valence-electron chi connectivity index (χ1n) is 37.4. The predicted molar refractivity (Wildman–Crippen MR) is 527 cm³/mol. The molecule has 0 bridgehead atoms. The number of aldehydes is 1. The number of cyclic esters (lactones) is 3. The van der Waals surface area contributed by atoms with Gasteiger partial charge in [-0.3, -0.25) is 43.5 Å². The molecule has 3 amide bonds. The number of pyridine rings is 6. The number of fused-ring (bicyclic) bond motifs is 6. The Balaban J connectivity index is 0.000000355. The number of aliphatic hydroxyl groups excluding tert-OH is 1. The molecule has 5 N–H and O–H groups in total. The standard InChI is InChI=1S/C27H27FN4O7.C25H25FN4O6.C15H14FNO4.C12H13N3O4.2CH4.CH3.I3.3HI.3H2S.V/c1-3-37-26(35)19-11-24(34)31(2)25-17(19)4-5-20(28)18(25)8-9-29-12-16-13-32(27(36)39-16)23-7-6-22-21(30-23)10-15(33)14-38-22;1-29-23(33)8-14(12-31)17-2-3-19(26)18(24(17)29)6-7-27-10-16-11-30(25(34)36-16)22-5-4-21-20(28-22)9-15(32)13-35-21;1-3-21-15(20)11-8-13(19)17(2)14-9(11)4-5-12(16)10(14)6-7-18;13-4-8-5-15(12(17)19-8)11-2-1-10-9(14-11)3-7(16)6-18-10;;;;1-3-2;;;;;;;/h4-7,11,16,29H,3,8-10,12-14H2,1-2H3;2-5,8,16,27,31H,6-7,9-13H2,1H3;4-5,7-8H,3,6H2,1-2H3;1-2,8H,3-6,13H2;2*1H4;1H3;;3*1H;3*1H2;/q;;;;;;2*-1;;;;;;;+3/p-3/t2*16-;;8-;;;;;;;;;;;/m00.0.........../s1. The third kappa shape index (κ3) is 28.6. The molecule has 6 aliphatic heterocycles. The number of nitrogens with two attached hydrogens (primary N) is 1. The predicted octanol–water partition coefficient (Wildman–Crippen LogP) is 8.09. The molecule has 6 aliphatic rings. The third-order valence-electron chi connectivity index (χ3n) is 19.5. The number of aromatic nitrogens is 6. The molecule has 3 aromatic carbocycles. The molecular formula is C82H96F3I6N12O21S3V-2. The second kappa shape index (κ2) is 53.8. The van der Waals surface area contributed by atoms with Crippen molar-refractivity contribution in [2.24, 2.45) is 26.9 Å². The number of nitrogens with zero attached hydrogens (tertiary/aromatic N) is 9. The first kappa shape index (κ1) is 114. The Hall–Kier alpha value is -6.79. The first-order chi connectivity index (χ1) is 58.4. The van der Waals surface area contributed by atoms with Gasteiger partial charge < -0.3 is 85.3 Å². The SMILES string of the molecule is C.C.CCOC(=O)c1cc(=O)n(C)c2c(CC=O)c(F)ccc12.CCOC(=O)c1cc(=O)n(C)c2c(CCNC[C@H]3CN(c4ccc5c(n4)CC(=O)CO5)C(=O)O3)c(F)ccc12.Cn1c(=O)cc(CO)c2ccc(F)c(CCNC[C@H]3CN(c4ccc5c(n4)CC(=O)CO5)C(=O)O3)c21.I[I-]I.NC[C@H]1CN(c2ccc3c(n2)CC(=O)CO3)C(=O)O1.S.S.S.[CH3-].[I][V]([I])[I]. The van der Waals surface area contributed by atoms with Gasteiger partial charge in [-0.1, -0.05) is 14.9 Å². The summed E-state index contributed by atoms with van der Waals surface area (Å²) in [5.41, 5.74) is 8.13. The summed E-state index contributed by atoms with van der Waals surface area (Å²) in [6.07, 6.45) is -1.39. The van der Waals surface area contributed by atoms with Crippen molar-refractivity contribution in [2.75, 3.05) is 100 Å². The van der Waals surface area contributed by atoms with Crippen LogP contribution in [0.3, 0.4) is 0 Å². The van der Waals surface area contributed by atoms with E-state index >= 15 is 0 Å². The number of halogens is 9. The zero-order valence-electron chi connectivity index (χ0n) is 68.2. The molecular weight excluding hydrogens is 2450 g/mol. The van der Waals surface area contributed by atoms with Crippen LogP contribution in [0.5, 0.6) is 17.2 Å². The number of aryl methyl sites for hydroxylation is 3. The van der Waals surface area contributed by atoms with Crippen molar-refractivity contribution in [2.45, 2.75) is 92.1 Å². The van der Waals surface area contributed by atoms with Crippen molar-refractivity contribution in [3.63, 3.8) is 0 Å². The number of ketones is 3. The van der Waals surface area contributed by atoms with E-state index in [1.54, 1.807) is 63.4 Å². The maximum absolute atomic E-state index is 14.9. The third-order valence-corrected chi connectivity index (χ3v) is 19.5. The summed E-state index contributed by atoms with van der Waals surface area (Å²) in [7, 11) is 4.57. The van der Waals surface area contributed by atoms with Gasteiger partial charge in [-0.15, -0.1) is 0 Å². The summed E-state index contributed by atoms with van der Waals surface area (Å²) in [4.78, 5) is 160. The Morgan fingerprint density at radius 1 is 0.539 bits per heavy atom. The van der Waals surface area contributed by atoms with Crippen LogP contribution in [0.15, 0.2) is 105 Å². The van der Waals surface area contributed by atoms with Crippen LogP contribution in [0.2, 0.25) is 0 Å². The van der Waals surface area contributed by atoms with Crippen LogP contribution in [0.4, 0.5) is 45.0 Å². The zero-order valence-corrected chi connectivity index (χ0v) is 85.5. The van der Waals surface area contributed by atoms with Crippen molar-refractivity contribution in [1.29, 1.82) is 0 Å². The number of carbonyl (C=O) groups is 9. The first-order valence-corrected chi connectivity index (χ1v) is 63.5. The minimum absolute atomic E-state index is 0. The molecule has 46 heteroatoms. The summed E-state index contributed by atoms with van der Waals surface area (Å²) in [5.74, 6) is -0.144. The van der Waals surface area contributed by atoms with E-state index in [0.29, 0.717) is 142 Å². The number of anilines is 3. The fraction of sp³-hybridized carbons (Fsp3) is 0.366. The molecule has 12 heterocycles. The Labute approximate surface area is 823 Å². The van der Waals surface area contributed by atoms with E-state index in [-0.39, 0.29) is 222 Å². The van der Waals surface area contributed by atoms with Crippen molar-refractivity contribution < 1.29 is 117 Å². The van der Waals surface area contributed by atoms with Crippen LogP contribution < -0.4 is 75.2 Å². The average Bonchev–Trinajstić information content (AvgIpc) is 0.860. The summed E-state index contributed by atoms with van der Waals surface area (Å²) >= 11 is 12.7. The minimum atomic E-state index is -0.649. The summed E-state index contributed by atoms with van der Waals surface area (Å²) in [6.45, 7) is 5.90. The summed E-state index contributed by atoms with van der Waals surface area (Å²) < 4.78 is 89.4. The van der Waals surface area contributed by atoms with Crippen molar-refractivity contribution in [1.82, 2.24) is 39.3 Å². The molecule has 33 nitrogen and oxygen atoms in total. The zero-order chi connectivity index (χ0) is 88.3. The van der Waals surface area contributed by atoms with Gasteiger partial charge in [-0.05, 0) is 118 Å². The molecule has 3 saturated heterocycles. The van der Waals surface area contributed by atoms with Gasteiger partial charge >= 0.3 is 146 Å². The van der Waals surface area contributed by atoms with Crippen LogP contribution in [-0.2, 0) is 114 Å². The molecule has 3 atom stereocenters. The second-order valence-corrected chi connectivity index (χ2v) is 78.9. The second-order valence-electron chi connectivity index (χ2n) is 27.3. The average molecular weight is 2550 g/mol. The van der Waals surface area contributed by atoms with Crippen LogP contribution >= 0.6 is 138 Å². The molecule has 0 radical (unpaired) electrons. The number of esters is 2. The van der Waals surface area contributed by atoms with Gasteiger partial charge in [-0.25, -0.2) is 52.1 Å². The Kier molecular flexibility index (Phi) is 47.7. The topological polar surface area (TPSA) is 412 Å². The van der Waals surface area contributed by atoms with Gasteiger partial charge in [0.15, 0.2) is 17.3 Å². The molecule has 3 fully saturated rings. The number of amides is 3. The van der Waals surface area contributed by atoms with E-state index in [1.807, 2.05) is 0 Å². The fourth-order valence-corrected chi connectivity index (χ4v) is 13.8. The number of hydrogen-bond acceptors (Lipinski definition) is 27. The number of Topliss-reactive ketones (excluding diaryl/α,β-unsaturated/α-hetero) is 3. The maximum atomic E-state index is 14.9. The van der Waals surface area contributed by atoms with Crippen molar-refractivity contribution in [3.05, 3.63) is 197 Å². The number of rotatable bonds is 21. The molecule has 0 unspecified atom stereocenters. The molecule has 0 spiro atoms. The van der Waals surface area contributed by atoms with Gasteiger partial charge in [0.25, 0.3) is 16.7 Å². The van der Waals surface area contributed by atoms with Crippen LogP contribution in [0.1, 0.15) is 88.8 Å². The molecule has 0 aliphatic carbocycles. The van der Waals surface area contributed by atoms with Crippen LogP contribution in [0, 0.1) is 24.9 Å². The van der Waals surface area contributed by atoms with E-state index in [2.05, 4.69) is 123 Å². The van der Waals surface area contributed by atoms with Gasteiger partial charge in [0.2, 0.25) is 0 Å². The number of nitrogens with one attached hydrogen (secondary N) is 2. The van der Waals surface area contributed by atoms with Gasteiger partial charge in [0.1, 0.15) is 96.6 Å². The molecule has 15 rings (SSSR count). The fourth-order valence-electron chi connectivity index (χ4n) is 13.8. The van der Waals surface area contributed by atoms with E-state index in [9.17, 15) is 75.8 Å². The summed E-state index contributed by atoms with van der Waals surface area (Å²) in [6, 6.07) is 22.0. The normalized spacial score (nSPS) is 15.4.